The molecule has 168 valence electrons. The average Bonchev–Trinajstić information content (AvgIpc) is 2.76. The number of sulfone groups is 1. The number of nitrogens with zero attached hydrogens (tertiary/aromatic N) is 1. The van der Waals surface area contributed by atoms with Crippen LogP contribution >= 0.6 is 0 Å². The average molecular weight is 452 g/mol. The summed E-state index contributed by atoms with van der Waals surface area (Å²) in [5.74, 6) is 0. The number of hydrogen-bond donors (Lipinski definition) is 2. The van der Waals surface area contributed by atoms with Gasteiger partial charge in [0.05, 0.1) is 4.90 Å². The van der Waals surface area contributed by atoms with E-state index in [0.29, 0.717) is 11.4 Å². The number of urea groups is 1. The Morgan fingerprint density at radius 3 is 1.78 bits per heavy atom. The highest BCUT2D eigenvalue weighted by atomic mass is 32.2. The molecule has 0 atom stereocenters. The minimum absolute atomic E-state index is 0.212. The molecule has 0 fully saturated rings. The van der Waals surface area contributed by atoms with E-state index in [-0.39, 0.29) is 10.9 Å². The molecule has 0 saturated heterocycles. The van der Waals surface area contributed by atoms with E-state index in [4.69, 9.17) is 0 Å². The molecule has 0 spiro atoms. The van der Waals surface area contributed by atoms with E-state index < -0.39 is 9.84 Å². The van der Waals surface area contributed by atoms with Crippen LogP contribution in [-0.4, -0.2) is 32.1 Å². The Labute approximate surface area is 190 Å². The van der Waals surface area contributed by atoms with E-state index in [2.05, 4.69) is 46.7 Å². The van der Waals surface area contributed by atoms with Gasteiger partial charge in [-0.3, -0.25) is 4.90 Å². The molecule has 2 amide bonds. The topological polar surface area (TPSA) is 78.5 Å². The first-order chi connectivity index (χ1) is 15.3. The Morgan fingerprint density at radius 2 is 1.28 bits per heavy atom. The molecule has 0 aliphatic heterocycles. The van der Waals surface area contributed by atoms with Crippen molar-refractivity contribution in [3.63, 3.8) is 0 Å². The highest BCUT2D eigenvalue weighted by molar-refractivity contribution is 7.90. The maximum atomic E-state index is 12.3. The molecular formula is C25H29N3O3S. The van der Waals surface area contributed by atoms with Crippen molar-refractivity contribution in [3.8, 4) is 0 Å². The zero-order chi connectivity index (χ0) is 23.0. The molecule has 3 aromatic rings. The van der Waals surface area contributed by atoms with Gasteiger partial charge in [-0.15, -0.1) is 0 Å². The highest BCUT2D eigenvalue weighted by Gasteiger charge is 2.09. The molecule has 2 N–H and O–H groups in total. The lowest BCUT2D eigenvalue weighted by molar-refractivity contribution is 0.257. The van der Waals surface area contributed by atoms with Crippen LogP contribution in [-0.2, 0) is 22.9 Å². The standard InChI is InChI=1S/C25H29N3O3S/c1-3-17-28(18-20-7-5-4-6-8-20)19-21-9-11-22(12-10-21)26-25(29)27-23-13-15-24(16-14-23)32(2,30)31/h4-16H,3,17-19H2,1-2H3,(H2,26,27,29). The molecule has 0 aliphatic rings. The summed E-state index contributed by atoms with van der Waals surface area (Å²) >= 11 is 0. The Hall–Kier alpha value is -3.16. The molecule has 0 radical (unpaired) electrons. The van der Waals surface area contributed by atoms with Gasteiger partial charge in [0.15, 0.2) is 9.84 Å². The first kappa shape index (κ1) is 23.5. The number of rotatable bonds is 9. The van der Waals surface area contributed by atoms with E-state index in [0.717, 1.165) is 32.3 Å². The Balaban J connectivity index is 1.55. The number of nitrogens with one attached hydrogen (secondary N) is 2. The van der Waals surface area contributed by atoms with Gasteiger partial charge in [0, 0.05) is 30.7 Å². The maximum absolute atomic E-state index is 12.3. The van der Waals surface area contributed by atoms with E-state index in [1.54, 1.807) is 12.1 Å². The molecule has 32 heavy (non-hydrogen) atoms. The molecule has 7 heteroatoms. The van der Waals surface area contributed by atoms with Crippen LogP contribution in [0.1, 0.15) is 24.5 Å². The van der Waals surface area contributed by atoms with Gasteiger partial charge in [0.25, 0.3) is 0 Å². The molecule has 0 aromatic heterocycles. The summed E-state index contributed by atoms with van der Waals surface area (Å²) in [6.07, 6.45) is 2.23. The predicted molar refractivity (Wildman–Crippen MR) is 129 cm³/mol. The number of hydrogen-bond acceptors (Lipinski definition) is 4. The van der Waals surface area contributed by atoms with Crippen LogP contribution < -0.4 is 10.6 Å². The number of benzene rings is 3. The van der Waals surface area contributed by atoms with Crippen molar-refractivity contribution in [2.75, 3.05) is 23.4 Å². The summed E-state index contributed by atoms with van der Waals surface area (Å²) in [5, 5.41) is 5.51. The fourth-order valence-electron chi connectivity index (χ4n) is 3.40. The fraction of sp³-hybridized carbons (Fsp3) is 0.240. The minimum atomic E-state index is -3.26. The van der Waals surface area contributed by atoms with E-state index in [1.807, 2.05) is 30.3 Å². The molecule has 0 heterocycles. The van der Waals surface area contributed by atoms with Gasteiger partial charge in [-0.2, -0.15) is 0 Å². The lowest BCUT2D eigenvalue weighted by Crippen LogP contribution is -2.23. The molecule has 0 unspecified atom stereocenters. The second kappa shape index (κ2) is 10.9. The molecule has 3 rings (SSSR count). The normalized spacial score (nSPS) is 11.3. The summed E-state index contributed by atoms with van der Waals surface area (Å²) in [6, 6.07) is 23.9. The van der Waals surface area contributed by atoms with Crippen LogP contribution in [0.5, 0.6) is 0 Å². The number of anilines is 2. The van der Waals surface area contributed by atoms with Gasteiger partial charge in [-0.25, -0.2) is 13.2 Å². The number of carbonyl (C=O) groups is 1. The zero-order valence-electron chi connectivity index (χ0n) is 18.4. The third kappa shape index (κ3) is 7.21. The highest BCUT2D eigenvalue weighted by Crippen LogP contribution is 2.16. The minimum Gasteiger partial charge on any atom is -0.308 e. The van der Waals surface area contributed by atoms with E-state index in [1.165, 1.54) is 23.3 Å². The number of amides is 2. The molecule has 0 aliphatic carbocycles. The predicted octanol–water partition coefficient (Wildman–Crippen LogP) is 5.15. The lowest BCUT2D eigenvalue weighted by atomic mass is 10.1. The largest absolute Gasteiger partial charge is 0.323 e. The van der Waals surface area contributed by atoms with Gasteiger partial charge in [0.2, 0.25) is 0 Å². The maximum Gasteiger partial charge on any atom is 0.323 e. The van der Waals surface area contributed by atoms with Crippen molar-refractivity contribution < 1.29 is 13.2 Å². The van der Waals surface area contributed by atoms with Crippen LogP contribution in [0.4, 0.5) is 16.2 Å². The Morgan fingerprint density at radius 1 is 0.781 bits per heavy atom. The van der Waals surface area contributed by atoms with Gasteiger partial charge in [-0.05, 0) is 60.5 Å². The molecule has 3 aromatic carbocycles. The van der Waals surface area contributed by atoms with Crippen molar-refractivity contribution in [2.45, 2.75) is 31.3 Å². The second-order valence-corrected chi connectivity index (χ2v) is 9.78. The summed E-state index contributed by atoms with van der Waals surface area (Å²) < 4.78 is 23.1. The van der Waals surface area contributed by atoms with Crippen LogP contribution in [0.3, 0.4) is 0 Å². The monoisotopic (exact) mass is 451 g/mol. The molecule has 6 nitrogen and oxygen atoms in total. The Bertz CT molecular complexity index is 1110. The second-order valence-electron chi connectivity index (χ2n) is 7.77. The van der Waals surface area contributed by atoms with Crippen LogP contribution in [0.2, 0.25) is 0 Å². The van der Waals surface area contributed by atoms with Gasteiger partial charge < -0.3 is 10.6 Å². The molecule has 0 saturated carbocycles. The van der Waals surface area contributed by atoms with Crippen molar-refractivity contribution in [3.05, 3.63) is 90.0 Å². The van der Waals surface area contributed by atoms with Crippen molar-refractivity contribution in [2.24, 2.45) is 0 Å². The van der Waals surface area contributed by atoms with Crippen molar-refractivity contribution >= 4 is 27.2 Å². The van der Waals surface area contributed by atoms with Crippen molar-refractivity contribution in [1.82, 2.24) is 4.90 Å². The van der Waals surface area contributed by atoms with Crippen LogP contribution in [0, 0.1) is 0 Å². The summed E-state index contributed by atoms with van der Waals surface area (Å²) in [5.41, 5.74) is 3.67. The van der Waals surface area contributed by atoms with E-state index >= 15 is 0 Å². The smallest absolute Gasteiger partial charge is 0.308 e. The van der Waals surface area contributed by atoms with Crippen molar-refractivity contribution in [1.29, 1.82) is 0 Å². The van der Waals surface area contributed by atoms with Gasteiger partial charge in [0.1, 0.15) is 0 Å². The van der Waals surface area contributed by atoms with Gasteiger partial charge in [-0.1, -0.05) is 49.4 Å². The van der Waals surface area contributed by atoms with Crippen LogP contribution in [0.25, 0.3) is 0 Å². The Kier molecular flexibility index (Phi) is 8.03. The number of carbonyl (C=O) groups excluding carboxylic acids is 1. The lowest BCUT2D eigenvalue weighted by Gasteiger charge is -2.22. The zero-order valence-corrected chi connectivity index (χ0v) is 19.2. The SMILES string of the molecule is CCCN(Cc1ccccc1)Cc1ccc(NC(=O)Nc2ccc(S(C)(=O)=O)cc2)cc1. The molecule has 0 bridgehead atoms. The summed E-state index contributed by atoms with van der Waals surface area (Å²) in [6.45, 7) is 4.92. The van der Waals surface area contributed by atoms with E-state index in [9.17, 15) is 13.2 Å². The third-order valence-electron chi connectivity index (χ3n) is 4.95. The van der Waals surface area contributed by atoms with Gasteiger partial charge >= 0.3 is 6.03 Å². The third-order valence-corrected chi connectivity index (χ3v) is 6.08. The van der Waals surface area contributed by atoms with Crippen LogP contribution in [0.15, 0.2) is 83.8 Å². The molecular weight excluding hydrogens is 422 g/mol. The quantitative estimate of drug-likeness (QED) is 0.472. The summed E-state index contributed by atoms with van der Waals surface area (Å²) in [7, 11) is -3.26. The first-order valence-electron chi connectivity index (χ1n) is 10.6. The fourth-order valence-corrected chi connectivity index (χ4v) is 4.03. The first-order valence-corrected chi connectivity index (χ1v) is 12.5. The summed E-state index contributed by atoms with van der Waals surface area (Å²) in [4.78, 5) is 14.9.